The molecule has 7 nitrogen and oxygen atoms in total. The zero-order valence-corrected chi connectivity index (χ0v) is 19.9. The van der Waals surface area contributed by atoms with Gasteiger partial charge in [-0.15, -0.1) is 10.2 Å². The van der Waals surface area contributed by atoms with Crippen molar-refractivity contribution in [2.45, 2.75) is 56.9 Å². The van der Waals surface area contributed by atoms with Gasteiger partial charge in [-0.2, -0.15) is 0 Å². The van der Waals surface area contributed by atoms with E-state index in [1.165, 1.54) is 55.9 Å². The Labute approximate surface area is 198 Å². The van der Waals surface area contributed by atoms with E-state index in [9.17, 15) is 9.59 Å². The molecule has 1 aromatic carbocycles. The molecule has 4 aliphatic rings. The Hall–Kier alpha value is -2.74. The molecular weight excluding hydrogens is 436 g/mol. The normalized spacial score (nSPS) is 28.6. The van der Waals surface area contributed by atoms with Crippen LogP contribution in [0.15, 0.2) is 30.3 Å². The summed E-state index contributed by atoms with van der Waals surface area (Å²) >= 11 is 1.51. The van der Waals surface area contributed by atoms with Crippen molar-refractivity contribution in [2.24, 2.45) is 17.8 Å². The molecular formula is C25H30N4O3S. The number of nitrogens with one attached hydrogen (secondary N) is 2. The quantitative estimate of drug-likeness (QED) is 0.598. The first kappa shape index (κ1) is 22.1. The maximum atomic E-state index is 12.6. The molecule has 1 aromatic heterocycles. The zero-order valence-electron chi connectivity index (χ0n) is 19.0. The highest BCUT2D eigenvalue weighted by Gasteiger charge is 2.53. The fourth-order valence-electron chi connectivity index (χ4n) is 6.29. The molecule has 2 aromatic rings. The first-order valence-corrected chi connectivity index (χ1v) is 12.5. The van der Waals surface area contributed by atoms with Crippen LogP contribution in [0, 0.1) is 17.8 Å². The third-order valence-corrected chi connectivity index (χ3v) is 8.53. The molecule has 1 unspecified atom stereocenters. The lowest BCUT2D eigenvalue weighted by molar-refractivity contribution is -0.123. The monoisotopic (exact) mass is 466 g/mol. The van der Waals surface area contributed by atoms with Gasteiger partial charge in [0.2, 0.25) is 16.9 Å². The Morgan fingerprint density at radius 3 is 2.33 bits per heavy atom. The molecule has 0 aliphatic heterocycles. The number of carbonyl (C=O) groups is 2. The number of aromatic nitrogens is 2. The number of benzene rings is 1. The number of anilines is 1. The van der Waals surface area contributed by atoms with Crippen LogP contribution in [-0.2, 0) is 15.0 Å². The number of hydrogen-bond acceptors (Lipinski definition) is 6. The minimum absolute atomic E-state index is 0.168. The van der Waals surface area contributed by atoms with Crippen LogP contribution in [0.5, 0.6) is 5.75 Å². The molecule has 0 radical (unpaired) electrons. The summed E-state index contributed by atoms with van der Waals surface area (Å²) in [6, 6.07) is 6.68. The van der Waals surface area contributed by atoms with Crippen LogP contribution in [0.2, 0.25) is 0 Å². The number of carbonyl (C=O) groups excluding carboxylic acids is 2. The fraction of sp³-hybridized carbons (Fsp3) is 0.520. The van der Waals surface area contributed by atoms with Crippen LogP contribution in [0.4, 0.5) is 5.13 Å². The van der Waals surface area contributed by atoms with E-state index in [2.05, 4.69) is 20.8 Å². The molecule has 2 N–H and O–H groups in total. The van der Waals surface area contributed by atoms with Crippen molar-refractivity contribution in [1.29, 1.82) is 0 Å². The summed E-state index contributed by atoms with van der Waals surface area (Å²) in [4.78, 5) is 24.9. The van der Waals surface area contributed by atoms with E-state index >= 15 is 0 Å². The van der Waals surface area contributed by atoms with Gasteiger partial charge in [-0.05, 0) is 87.0 Å². The highest BCUT2D eigenvalue weighted by molar-refractivity contribution is 7.15. The van der Waals surface area contributed by atoms with Gasteiger partial charge in [0, 0.05) is 11.5 Å². The molecule has 1 atom stereocenters. The van der Waals surface area contributed by atoms with Gasteiger partial charge in [-0.25, -0.2) is 0 Å². The number of nitrogens with zero attached hydrogens (tertiary/aromatic N) is 2. The van der Waals surface area contributed by atoms with Gasteiger partial charge < -0.3 is 10.1 Å². The Kier molecular flexibility index (Phi) is 5.95. The second-order valence-electron chi connectivity index (χ2n) is 9.94. The lowest BCUT2D eigenvalue weighted by atomic mass is 9.50. The Bertz CT molecular complexity index is 1030. The first-order valence-electron chi connectivity index (χ1n) is 11.7. The summed E-state index contributed by atoms with van der Waals surface area (Å²) in [5.74, 6) is 2.62. The van der Waals surface area contributed by atoms with E-state index in [4.69, 9.17) is 4.74 Å². The average molecular weight is 467 g/mol. The molecule has 4 fully saturated rings. The SMILES string of the molecule is COc1ccc(C=CC(=O)NC(C)C(=O)Nc2nnc(C34CC5CC(CC(C5)C3)C4)s2)cc1. The molecule has 8 heteroatoms. The standard InChI is InChI=1S/C25H30N4O3S/c1-15(26-21(30)8-5-16-3-6-20(32-2)7-4-16)22(31)27-24-29-28-23(33-24)25-12-17-9-18(13-25)11-19(10-17)14-25/h3-8,15,17-19H,9-14H2,1-2H3,(H,26,30)(H,27,29,31). The molecule has 0 spiro atoms. The van der Waals surface area contributed by atoms with Crippen molar-refractivity contribution in [3.63, 3.8) is 0 Å². The van der Waals surface area contributed by atoms with Gasteiger partial charge in [0.25, 0.3) is 0 Å². The largest absolute Gasteiger partial charge is 0.497 e. The Morgan fingerprint density at radius 2 is 1.73 bits per heavy atom. The van der Waals surface area contributed by atoms with Crippen LogP contribution in [-0.4, -0.2) is 35.2 Å². The maximum absolute atomic E-state index is 12.6. The highest BCUT2D eigenvalue weighted by Crippen LogP contribution is 2.61. The number of rotatable bonds is 7. The van der Waals surface area contributed by atoms with Crippen LogP contribution < -0.4 is 15.4 Å². The summed E-state index contributed by atoms with van der Waals surface area (Å²) in [5.41, 5.74) is 1.04. The van der Waals surface area contributed by atoms with Crippen molar-refractivity contribution >= 4 is 34.4 Å². The van der Waals surface area contributed by atoms with E-state index in [1.54, 1.807) is 20.1 Å². The molecule has 33 heavy (non-hydrogen) atoms. The van der Waals surface area contributed by atoms with Gasteiger partial charge in [0.15, 0.2) is 0 Å². The second kappa shape index (κ2) is 8.89. The number of hydrogen-bond donors (Lipinski definition) is 2. The number of amides is 2. The lowest BCUT2D eigenvalue weighted by Gasteiger charge is -2.55. The number of methoxy groups -OCH3 is 1. The zero-order chi connectivity index (χ0) is 23.0. The summed E-state index contributed by atoms with van der Waals surface area (Å²) in [7, 11) is 1.61. The van der Waals surface area contributed by atoms with E-state index in [1.807, 2.05) is 24.3 Å². The predicted molar refractivity (Wildman–Crippen MR) is 128 cm³/mol. The maximum Gasteiger partial charge on any atom is 0.248 e. The molecule has 4 aliphatic carbocycles. The van der Waals surface area contributed by atoms with Crippen molar-refractivity contribution in [3.05, 3.63) is 40.9 Å². The van der Waals surface area contributed by atoms with E-state index in [-0.39, 0.29) is 17.2 Å². The van der Waals surface area contributed by atoms with Crippen LogP contribution in [0.25, 0.3) is 6.08 Å². The Balaban J connectivity index is 1.16. The van der Waals surface area contributed by atoms with Crippen molar-refractivity contribution in [2.75, 3.05) is 12.4 Å². The highest BCUT2D eigenvalue weighted by atomic mass is 32.1. The Morgan fingerprint density at radius 1 is 1.09 bits per heavy atom. The summed E-state index contributed by atoms with van der Waals surface area (Å²) < 4.78 is 5.13. The fourth-order valence-corrected chi connectivity index (χ4v) is 7.25. The second-order valence-corrected chi connectivity index (χ2v) is 10.9. The minimum Gasteiger partial charge on any atom is -0.497 e. The summed E-state index contributed by atoms with van der Waals surface area (Å²) in [6.07, 6.45) is 10.9. The van der Waals surface area contributed by atoms with E-state index in [0.29, 0.717) is 5.13 Å². The first-order chi connectivity index (χ1) is 15.9. The predicted octanol–water partition coefficient (Wildman–Crippen LogP) is 4.17. The smallest absolute Gasteiger partial charge is 0.248 e. The van der Waals surface area contributed by atoms with Crippen LogP contribution in [0.1, 0.15) is 56.0 Å². The van der Waals surface area contributed by atoms with E-state index in [0.717, 1.165) is 34.1 Å². The van der Waals surface area contributed by atoms with Gasteiger partial charge in [-0.3, -0.25) is 14.9 Å². The topological polar surface area (TPSA) is 93.2 Å². The van der Waals surface area contributed by atoms with Crippen LogP contribution >= 0.6 is 11.3 Å². The molecule has 6 rings (SSSR count). The average Bonchev–Trinajstić information content (AvgIpc) is 3.26. The van der Waals surface area contributed by atoms with E-state index < -0.39 is 6.04 Å². The third kappa shape index (κ3) is 4.67. The van der Waals surface area contributed by atoms with Crippen molar-refractivity contribution in [3.8, 4) is 5.75 Å². The lowest BCUT2D eigenvalue weighted by Crippen LogP contribution is -2.48. The molecule has 174 valence electrons. The summed E-state index contributed by atoms with van der Waals surface area (Å²) in [6.45, 7) is 1.66. The molecule has 1 heterocycles. The third-order valence-electron chi connectivity index (χ3n) is 7.44. The summed E-state index contributed by atoms with van der Waals surface area (Å²) in [5, 5.41) is 15.9. The van der Waals surface area contributed by atoms with Gasteiger partial charge >= 0.3 is 0 Å². The molecule has 2 amide bonds. The molecule has 0 saturated heterocycles. The van der Waals surface area contributed by atoms with Crippen molar-refractivity contribution in [1.82, 2.24) is 15.5 Å². The molecule has 4 bridgehead atoms. The molecule has 4 saturated carbocycles. The van der Waals surface area contributed by atoms with Crippen molar-refractivity contribution < 1.29 is 14.3 Å². The van der Waals surface area contributed by atoms with Gasteiger partial charge in [0.05, 0.1) is 7.11 Å². The van der Waals surface area contributed by atoms with Crippen LogP contribution in [0.3, 0.4) is 0 Å². The van der Waals surface area contributed by atoms with Gasteiger partial charge in [-0.1, -0.05) is 23.5 Å². The minimum atomic E-state index is -0.690. The van der Waals surface area contributed by atoms with Gasteiger partial charge in [0.1, 0.15) is 16.8 Å². The number of ether oxygens (including phenoxy) is 1.